The van der Waals surface area contributed by atoms with Crippen molar-refractivity contribution in [2.45, 2.75) is 33.6 Å². The van der Waals surface area contributed by atoms with Gasteiger partial charge in [-0.1, -0.05) is 55.5 Å². The number of aromatic nitrogens is 4. The van der Waals surface area contributed by atoms with E-state index in [0.717, 1.165) is 38.6 Å². The van der Waals surface area contributed by atoms with Crippen LogP contribution in [0.5, 0.6) is 0 Å². The van der Waals surface area contributed by atoms with Crippen LogP contribution in [0.15, 0.2) is 36.7 Å². The number of carbonyl (C=O) groups is 1. The van der Waals surface area contributed by atoms with Crippen molar-refractivity contribution in [1.82, 2.24) is 20.2 Å². The molecule has 0 bridgehead atoms. The molecule has 160 valence electrons. The first-order valence-corrected chi connectivity index (χ1v) is 11.8. The molecule has 1 amide bonds. The topological polar surface area (TPSA) is 92.7 Å². The molecule has 0 spiro atoms. The van der Waals surface area contributed by atoms with Gasteiger partial charge in [-0.25, -0.2) is 9.97 Å². The quantitative estimate of drug-likeness (QED) is 0.384. The van der Waals surface area contributed by atoms with Crippen LogP contribution in [-0.4, -0.2) is 32.6 Å². The zero-order valence-corrected chi connectivity index (χ0v) is 19.3. The average molecular weight is 453 g/mol. The number of aryl methyl sites for hydroxylation is 1. The van der Waals surface area contributed by atoms with E-state index < -0.39 is 0 Å². The van der Waals surface area contributed by atoms with Gasteiger partial charge >= 0.3 is 0 Å². The van der Waals surface area contributed by atoms with Crippen LogP contribution in [0, 0.1) is 12.8 Å². The summed E-state index contributed by atoms with van der Waals surface area (Å²) in [5.74, 6) is 1.15. The third-order valence-electron chi connectivity index (χ3n) is 4.67. The van der Waals surface area contributed by atoms with Crippen molar-refractivity contribution in [3.05, 3.63) is 46.5 Å². The molecule has 0 aliphatic heterocycles. The Morgan fingerprint density at radius 1 is 1.10 bits per heavy atom. The molecule has 0 saturated heterocycles. The van der Waals surface area contributed by atoms with E-state index in [4.69, 9.17) is 0 Å². The van der Waals surface area contributed by atoms with Gasteiger partial charge in [-0.3, -0.25) is 4.79 Å². The van der Waals surface area contributed by atoms with Gasteiger partial charge in [0.1, 0.15) is 22.0 Å². The van der Waals surface area contributed by atoms with Crippen molar-refractivity contribution in [3.8, 4) is 11.1 Å². The molecule has 4 aromatic rings. The third kappa shape index (κ3) is 5.05. The van der Waals surface area contributed by atoms with E-state index in [0.29, 0.717) is 24.0 Å². The van der Waals surface area contributed by atoms with Crippen molar-refractivity contribution in [2.75, 3.05) is 17.2 Å². The summed E-state index contributed by atoms with van der Waals surface area (Å²) in [6.45, 7) is 6.82. The van der Waals surface area contributed by atoms with Crippen molar-refractivity contribution < 1.29 is 4.79 Å². The second-order valence-electron chi connectivity index (χ2n) is 7.63. The fraction of sp³-hybridized carbons (Fsp3) is 0.318. The van der Waals surface area contributed by atoms with Gasteiger partial charge < -0.3 is 10.6 Å². The number of hydrogen-bond acceptors (Lipinski definition) is 8. The van der Waals surface area contributed by atoms with Crippen LogP contribution >= 0.6 is 22.7 Å². The third-order valence-corrected chi connectivity index (χ3v) is 6.54. The lowest BCUT2D eigenvalue weighted by molar-refractivity contribution is -0.115. The van der Waals surface area contributed by atoms with Gasteiger partial charge in [0, 0.05) is 29.8 Å². The van der Waals surface area contributed by atoms with Crippen LogP contribution < -0.4 is 10.6 Å². The van der Waals surface area contributed by atoms with Crippen LogP contribution in [0.3, 0.4) is 0 Å². The molecule has 7 nitrogen and oxygen atoms in total. The average Bonchev–Trinajstić information content (AvgIpc) is 3.31. The Hall–Kier alpha value is -2.91. The standard InChI is InChI=1S/C22H24N6OS2/c1-13(2)11-17-27-28-22(31-17)26-16(29)9-10-23-20-19-18(15-7-5-4-6-8-15)14(3)30-21(19)25-12-24-20/h4-8,12-13H,9-11H2,1-3H3,(H,23,24,25)(H,26,28,29). The highest BCUT2D eigenvalue weighted by Crippen LogP contribution is 2.40. The van der Waals surface area contributed by atoms with Gasteiger partial charge in [-0.05, 0) is 18.4 Å². The second-order valence-corrected chi connectivity index (χ2v) is 9.89. The summed E-state index contributed by atoms with van der Waals surface area (Å²) in [7, 11) is 0. The van der Waals surface area contributed by atoms with Crippen LogP contribution in [0.2, 0.25) is 0 Å². The molecule has 0 atom stereocenters. The van der Waals surface area contributed by atoms with Gasteiger partial charge in [0.2, 0.25) is 11.0 Å². The summed E-state index contributed by atoms with van der Waals surface area (Å²) in [6, 6.07) is 10.2. The molecule has 0 fully saturated rings. The summed E-state index contributed by atoms with van der Waals surface area (Å²) < 4.78 is 0. The number of rotatable bonds is 8. The Morgan fingerprint density at radius 2 is 1.90 bits per heavy atom. The summed E-state index contributed by atoms with van der Waals surface area (Å²) in [4.78, 5) is 23.4. The van der Waals surface area contributed by atoms with E-state index in [1.54, 1.807) is 17.7 Å². The molecule has 9 heteroatoms. The monoisotopic (exact) mass is 452 g/mol. The lowest BCUT2D eigenvalue weighted by atomic mass is 10.0. The maximum Gasteiger partial charge on any atom is 0.227 e. The van der Waals surface area contributed by atoms with Gasteiger partial charge in [0.25, 0.3) is 0 Å². The first-order chi connectivity index (χ1) is 15.0. The fourth-order valence-corrected chi connectivity index (χ4v) is 5.32. The number of nitrogens with zero attached hydrogens (tertiary/aromatic N) is 4. The molecule has 1 aromatic carbocycles. The van der Waals surface area contributed by atoms with Gasteiger partial charge in [-0.2, -0.15) is 0 Å². The number of anilines is 2. The minimum atomic E-state index is -0.102. The predicted octanol–water partition coefficient (Wildman–Crippen LogP) is 5.16. The van der Waals surface area contributed by atoms with Crippen LogP contribution in [-0.2, 0) is 11.2 Å². The largest absolute Gasteiger partial charge is 0.369 e. The molecule has 0 unspecified atom stereocenters. The maximum atomic E-state index is 12.3. The highest BCUT2D eigenvalue weighted by molar-refractivity contribution is 7.19. The first-order valence-electron chi connectivity index (χ1n) is 10.2. The summed E-state index contributed by atoms with van der Waals surface area (Å²) >= 11 is 3.08. The zero-order valence-electron chi connectivity index (χ0n) is 17.7. The minimum Gasteiger partial charge on any atom is -0.369 e. The maximum absolute atomic E-state index is 12.3. The Labute approximate surface area is 189 Å². The molecular formula is C22H24N6OS2. The lowest BCUT2D eigenvalue weighted by Gasteiger charge is -2.09. The van der Waals surface area contributed by atoms with E-state index in [1.165, 1.54) is 16.2 Å². The Bertz CT molecular complexity index is 1190. The fourth-order valence-electron chi connectivity index (χ4n) is 3.34. The number of nitrogens with one attached hydrogen (secondary N) is 2. The number of fused-ring (bicyclic) bond motifs is 1. The number of thiophene rings is 1. The minimum absolute atomic E-state index is 0.102. The number of carbonyl (C=O) groups excluding carboxylic acids is 1. The molecule has 3 aromatic heterocycles. The highest BCUT2D eigenvalue weighted by Gasteiger charge is 2.17. The van der Waals surface area contributed by atoms with Crippen LogP contribution in [0.4, 0.5) is 10.9 Å². The number of benzene rings is 1. The summed E-state index contributed by atoms with van der Waals surface area (Å²) in [5.41, 5.74) is 2.27. The Balaban J connectivity index is 1.43. The molecule has 2 N–H and O–H groups in total. The molecular weight excluding hydrogens is 428 g/mol. The van der Waals surface area contributed by atoms with Crippen LogP contribution in [0.25, 0.3) is 21.3 Å². The van der Waals surface area contributed by atoms with E-state index in [9.17, 15) is 4.79 Å². The molecule has 0 aliphatic rings. The molecule has 0 aliphatic carbocycles. The van der Waals surface area contributed by atoms with Gasteiger partial charge in [-0.15, -0.1) is 21.5 Å². The smallest absolute Gasteiger partial charge is 0.227 e. The van der Waals surface area contributed by atoms with Crippen molar-refractivity contribution in [3.63, 3.8) is 0 Å². The number of hydrogen-bond donors (Lipinski definition) is 2. The van der Waals surface area contributed by atoms with E-state index >= 15 is 0 Å². The van der Waals surface area contributed by atoms with E-state index in [2.05, 4.69) is 63.7 Å². The molecule has 3 heterocycles. The number of amides is 1. The molecule has 0 radical (unpaired) electrons. The van der Waals surface area contributed by atoms with Crippen molar-refractivity contribution in [1.29, 1.82) is 0 Å². The first kappa shape index (κ1) is 21.3. The second kappa shape index (κ2) is 9.49. The highest BCUT2D eigenvalue weighted by atomic mass is 32.1. The zero-order chi connectivity index (χ0) is 21.8. The van der Waals surface area contributed by atoms with Crippen molar-refractivity contribution in [2.24, 2.45) is 5.92 Å². The molecule has 31 heavy (non-hydrogen) atoms. The van der Waals surface area contributed by atoms with Gasteiger partial charge in [0.05, 0.1) is 5.39 Å². The Kier molecular flexibility index (Phi) is 6.53. The summed E-state index contributed by atoms with van der Waals surface area (Å²) in [5, 5.41) is 16.8. The Morgan fingerprint density at radius 3 is 2.68 bits per heavy atom. The normalized spacial score (nSPS) is 11.2. The molecule has 0 saturated carbocycles. The van der Waals surface area contributed by atoms with E-state index in [-0.39, 0.29) is 5.91 Å². The van der Waals surface area contributed by atoms with Crippen LogP contribution in [0.1, 0.15) is 30.2 Å². The lowest BCUT2D eigenvalue weighted by Crippen LogP contribution is -2.16. The van der Waals surface area contributed by atoms with Crippen molar-refractivity contribution >= 4 is 49.7 Å². The SMILES string of the molecule is Cc1sc2ncnc(NCCC(=O)Nc3nnc(CC(C)C)s3)c2c1-c1ccccc1. The molecule has 4 rings (SSSR count). The van der Waals surface area contributed by atoms with E-state index in [1.807, 2.05) is 18.2 Å². The van der Waals surface area contributed by atoms with Gasteiger partial charge in [0.15, 0.2) is 0 Å². The predicted molar refractivity (Wildman–Crippen MR) is 128 cm³/mol. The summed E-state index contributed by atoms with van der Waals surface area (Å²) in [6.07, 6.45) is 2.73.